The molecule has 25 heavy (non-hydrogen) atoms. The molecular formula is C21H25N3O. The molecule has 0 N–H and O–H groups in total. The maximum Gasteiger partial charge on any atom is 0.255 e. The summed E-state index contributed by atoms with van der Waals surface area (Å²) < 4.78 is 1.75. The van der Waals surface area contributed by atoms with Gasteiger partial charge in [-0.1, -0.05) is 31.2 Å². The van der Waals surface area contributed by atoms with E-state index >= 15 is 0 Å². The molecule has 3 aromatic rings. The molecule has 2 heterocycles. The van der Waals surface area contributed by atoms with Crippen molar-refractivity contribution >= 4 is 10.9 Å². The summed E-state index contributed by atoms with van der Waals surface area (Å²) in [4.78, 5) is 19.4. The fraction of sp³-hybridized carbons (Fsp3) is 0.333. The van der Waals surface area contributed by atoms with Crippen molar-refractivity contribution in [3.63, 3.8) is 0 Å². The molecule has 0 unspecified atom stereocenters. The van der Waals surface area contributed by atoms with Crippen LogP contribution in [0, 0.1) is 0 Å². The Morgan fingerprint density at radius 1 is 1.16 bits per heavy atom. The number of aryl methyl sites for hydroxylation is 1. The third kappa shape index (κ3) is 3.80. The lowest BCUT2D eigenvalue weighted by molar-refractivity contribution is 0.185. The molecule has 0 aliphatic rings. The highest BCUT2D eigenvalue weighted by atomic mass is 16.1. The quantitative estimate of drug-likeness (QED) is 0.689. The third-order valence-corrected chi connectivity index (χ3v) is 4.90. The van der Waals surface area contributed by atoms with Gasteiger partial charge in [0.05, 0.1) is 5.52 Å². The highest BCUT2D eigenvalue weighted by molar-refractivity contribution is 5.79. The van der Waals surface area contributed by atoms with Gasteiger partial charge in [-0.25, -0.2) is 0 Å². The molecule has 0 bridgehead atoms. The average molecular weight is 335 g/mol. The first-order chi connectivity index (χ1) is 12.1. The summed E-state index contributed by atoms with van der Waals surface area (Å²) in [5.74, 6) is 0. The van der Waals surface area contributed by atoms with Gasteiger partial charge in [-0.05, 0) is 42.5 Å². The van der Waals surface area contributed by atoms with E-state index in [-0.39, 0.29) is 5.56 Å². The number of aromatic nitrogens is 2. The number of hydrogen-bond acceptors (Lipinski definition) is 3. The first kappa shape index (κ1) is 17.4. The lowest BCUT2D eigenvalue weighted by Crippen LogP contribution is -2.34. The van der Waals surface area contributed by atoms with Crippen molar-refractivity contribution < 1.29 is 0 Å². The van der Waals surface area contributed by atoms with Gasteiger partial charge >= 0.3 is 0 Å². The van der Waals surface area contributed by atoms with Crippen LogP contribution in [0.2, 0.25) is 0 Å². The van der Waals surface area contributed by atoms with Gasteiger partial charge in [0.25, 0.3) is 5.56 Å². The Kier molecular flexibility index (Phi) is 5.29. The van der Waals surface area contributed by atoms with Crippen LogP contribution in [0.15, 0.2) is 59.7 Å². The summed E-state index contributed by atoms with van der Waals surface area (Å²) in [7, 11) is 1.85. The van der Waals surface area contributed by atoms with E-state index in [1.54, 1.807) is 10.8 Å². The van der Waals surface area contributed by atoms with Crippen LogP contribution < -0.4 is 5.56 Å². The number of rotatable bonds is 6. The number of hydrogen-bond donors (Lipinski definition) is 0. The maximum absolute atomic E-state index is 12.8. The summed E-state index contributed by atoms with van der Waals surface area (Å²) in [6.45, 7) is 5.82. The van der Waals surface area contributed by atoms with Gasteiger partial charge in [-0.2, -0.15) is 0 Å². The van der Waals surface area contributed by atoms with E-state index in [0.29, 0.717) is 12.6 Å². The molecule has 0 spiro atoms. The molecule has 1 atom stereocenters. The Morgan fingerprint density at radius 3 is 2.68 bits per heavy atom. The SMILES string of the molecule is CC[C@H](C)N(Cc1cccnc1)Cc1cc2ccccc2n(C)c1=O. The standard InChI is InChI=1S/C21H25N3O/c1-4-16(2)24(14-17-8-7-11-22-13-17)15-19-12-18-9-5-6-10-20(18)23(3)21(19)25/h5-13,16H,4,14-15H2,1-3H3/t16-/m0/s1. The molecule has 0 aliphatic carbocycles. The minimum Gasteiger partial charge on any atom is -0.311 e. The Hall–Kier alpha value is -2.46. The predicted octanol–water partition coefficient (Wildman–Crippen LogP) is 3.73. The molecule has 1 aromatic carbocycles. The van der Waals surface area contributed by atoms with Gasteiger partial charge in [0.2, 0.25) is 0 Å². The fourth-order valence-electron chi connectivity index (χ4n) is 3.17. The Labute approximate surface area is 148 Å². The second kappa shape index (κ2) is 7.62. The molecule has 0 aliphatic heterocycles. The van der Waals surface area contributed by atoms with E-state index in [2.05, 4.69) is 35.9 Å². The minimum atomic E-state index is 0.0817. The molecule has 3 rings (SSSR count). The zero-order valence-electron chi connectivity index (χ0n) is 15.1. The third-order valence-electron chi connectivity index (χ3n) is 4.90. The molecule has 2 aromatic heterocycles. The molecular weight excluding hydrogens is 310 g/mol. The van der Waals surface area contributed by atoms with E-state index < -0.39 is 0 Å². The van der Waals surface area contributed by atoms with Crippen LogP contribution in [0.4, 0.5) is 0 Å². The van der Waals surface area contributed by atoms with Gasteiger partial charge in [-0.3, -0.25) is 14.7 Å². The van der Waals surface area contributed by atoms with E-state index in [9.17, 15) is 4.79 Å². The van der Waals surface area contributed by atoms with Crippen molar-refractivity contribution in [2.45, 2.75) is 39.4 Å². The zero-order chi connectivity index (χ0) is 17.8. The highest BCUT2D eigenvalue weighted by Crippen LogP contribution is 2.17. The van der Waals surface area contributed by atoms with Crippen LogP contribution in [0.25, 0.3) is 10.9 Å². The van der Waals surface area contributed by atoms with Crippen LogP contribution in [-0.2, 0) is 20.1 Å². The van der Waals surface area contributed by atoms with Crippen molar-refractivity contribution in [2.75, 3.05) is 0 Å². The Morgan fingerprint density at radius 2 is 1.96 bits per heavy atom. The predicted molar refractivity (Wildman–Crippen MR) is 102 cm³/mol. The molecule has 0 radical (unpaired) electrons. The van der Waals surface area contributed by atoms with Crippen LogP contribution >= 0.6 is 0 Å². The van der Waals surface area contributed by atoms with Crippen molar-refractivity contribution in [3.8, 4) is 0 Å². The molecule has 4 heteroatoms. The minimum absolute atomic E-state index is 0.0817. The number of benzene rings is 1. The second-order valence-corrected chi connectivity index (χ2v) is 6.62. The van der Waals surface area contributed by atoms with Crippen LogP contribution in [0.5, 0.6) is 0 Å². The molecule has 130 valence electrons. The molecule has 0 fully saturated rings. The lowest BCUT2D eigenvalue weighted by Gasteiger charge is -2.28. The summed E-state index contributed by atoms with van der Waals surface area (Å²) in [6, 6.07) is 14.5. The smallest absolute Gasteiger partial charge is 0.255 e. The zero-order valence-corrected chi connectivity index (χ0v) is 15.1. The van der Waals surface area contributed by atoms with Crippen molar-refractivity contribution in [2.24, 2.45) is 7.05 Å². The van der Waals surface area contributed by atoms with E-state index in [0.717, 1.165) is 29.4 Å². The van der Waals surface area contributed by atoms with Crippen molar-refractivity contribution in [3.05, 3.63) is 76.3 Å². The Balaban J connectivity index is 1.95. The maximum atomic E-state index is 12.8. The van der Waals surface area contributed by atoms with E-state index in [1.165, 1.54) is 5.56 Å². The van der Waals surface area contributed by atoms with E-state index in [1.807, 2.05) is 43.6 Å². The number of pyridine rings is 2. The topological polar surface area (TPSA) is 38.1 Å². The fourth-order valence-corrected chi connectivity index (χ4v) is 3.17. The normalized spacial score (nSPS) is 12.6. The highest BCUT2D eigenvalue weighted by Gasteiger charge is 2.16. The first-order valence-electron chi connectivity index (χ1n) is 8.80. The monoisotopic (exact) mass is 335 g/mol. The van der Waals surface area contributed by atoms with Gasteiger partial charge in [-0.15, -0.1) is 0 Å². The summed E-state index contributed by atoms with van der Waals surface area (Å²) in [5, 5.41) is 1.10. The molecule has 0 amide bonds. The number of fused-ring (bicyclic) bond motifs is 1. The number of para-hydroxylation sites is 1. The average Bonchev–Trinajstić information content (AvgIpc) is 2.65. The lowest BCUT2D eigenvalue weighted by atomic mass is 10.1. The van der Waals surface area contributed by atoms with Gasteiger partial charge < -0.3 is 4.57 Å². The second-order valence-electron chi connectivity index (χ2n) is 6.62. The molecule has 0 saturated carbocycles. The summed E-state index contributed by atoms with van der Waals surface area (Å²) in [5.41, 5.74) is 3.06. The summed E-state index contributed by atoms with van der Waals surface area (Å²) >= 11 is 0. The molecule has 0 saturated heterocycles. The van der Waals surface area contributed by atoms with Gasteiger partial charge in [0.1, 0.15) is 0 Å². The summed E-state index contributed by atoms with van der Waals surface area (Å²) in [6.07, 6.45) is 4.72. The molecule has 4 nitrogen and oxygen atoms in total. The van der Waals surface area contributed by atoms with Crippen LogP contribution in [-0.4, -0.2) is 20.5 Å². The van der Waals surface area contributed by atoms with Crippen LogP contribution in [0.1, 0.15) is 31.4 Å². The van der Waals surface area contributed by atoms with E-state index in [4.69, 9.17) is 0 Å². The van der Waals surface area contributed by atoms with Gasteiger partial charge in [0.15, 0.2) is 0 Å². The van der Waals surface area contributed by atoms with Crippen molar-refractivity contribution in [1.82, 2.24) is 14.5 Å². The van der Waals surface area contributed by atoms with Crippen molar-refractivity contribution in [1.29, 1.82) is 0 Å². The Bertz CT molecular complexity index is 902. The largest absolute Gasteiger partial charge is 0.311 e. The van der Waals surface area contributed by atoms with Gasteiger partial charge in [0, 0.05) is 44.1 Å². The van der Waals surface area contributed by atoms with Crippen LogP contribution in [0.3, 0.4) is 0 Å². The first-order valence-corrected chi connectivity index (χ1v) is 8.80. The number of nitrogens with zero attached hydrogens (tertiary/aromatic N) is 3.